The zero-order valence-corrected chi connectivity index (χ0v) is 26.6. The lowest BCUT2D eigenvalue weighted by Crippen LogP contribution is -2.64. The minimum atomic E-state index is -0.599. The Balaban J connectivity index is 1.24. The molecule has 12 heteroatoms. The van der Waals surface area contributed by atoms with E-state index in [9.17, 15) is 14.9 Å². The second-order valence-corrected chi connectivity index (χ2v) is 13.4. The molecule has 0 saturated carbocycles. The number of nitriles is 1. The highest BCUT2D eigenvalue weighted by Gasteiger charge is 2.46. The van der Waals surface area contributed by atoms with Crippen molar-refractivity contribution >= 4 is 39.5 Å². The van der Waals surface area contributed by atoms with Crippen LogP contribution in [0, 0.1) is 18.3 Å². The molecule has 232 valence electrons. The number of hydrogen-bond acceptors (Lipinski definition) is 9. The number of aromatic nitrogens is 3. The van der Waals surface area contributed by atoms with E-state index in [4.69, 9.17) is 14.5 Å². The zero-order valence-electron chi connectivity index (χ0n) is 25.8. The van der Waals surface area contributed by atoms with Crippen LogP contribution in [0.5, 0.6) is 0 Å². The summed E-state index contributed by atoms with van der Waals surface area (Å²) in [6, 6.07) is 15.2. The van der Waals surface area contributed by atoms with Crippen LogP contribution >= 0.6 is 11.3 Å². The number of fused-ring (bicyclic) bond motifs is 1. The Morgan fingerprint density at radius 2 is 1.89 bits per heavy atom. The van der Waals surface area contributed by atoms with Gasteiger partial charge in [-0.1, -0.05) is 29.5 Å². The average molecular weight is 626 g/mol. The van der Waals surface area contributed by atoms with Gasteiger partial charge >= 0.3 is 12.1 Å². The molecular weight excluding hydrogens is 590 g/mol. The molecule has 2 aromatic heterocycles. The molecule has 3 amide bonds. The molecule has 4 heterocycles. The highest BCUT2D eigenvalue weighted by molar-refractivity contribution is 7.19. The molecule has 0 unspecified atom stereocenters. The van der Waals surface area contributed by atoms with Crippen LogP contribution in [-0.4, -0.2) is 80.9 Å². The van der Waals surface area contributed by atoms with Crippen LogP contribution in [0.1, 0.15) is 44.9 Å². The van der Waals surface area contributed by atoms with Crippen molar-refractivity contribution in [2.24, 2.45) is 0 Å². The van der Waals surface area contributed by atoms with Gasteiger partial charge in [0.1, 0.15) is 11.9 Å². The number of carbonyl (C=O) groups excluding carboxylic acids is 2. The van der Waals surface area contributed by atoms with E-state index in [1.807, 2.05) is 58.0 Å². The van der Waals surface area contributed by atoms with Gasteiger partial charge in [0.2, 0.25) is 0 Å². The first-order valence-electron chi connectivity index (χ1n) is 14.9. The third-order valence-corrected chi connectivity index (χ3v) is 9.22. The highest BCUT2D eigenvalue weighted by atomic mass is 32.1. The predicted molar refractivity (Wildman–Crippen MR) is 172 cm³/mol. The number of benzene rings is 2. The molecule has 0 bridgehead atoms. The molecule has 2 fully saturated rings. The molecule has 4 aromatic rings. The van der Waals surface area contributed by atoms with Gasteiger partial charge in [0.15, 0.2) is 5.13 Å². The summed E-state index contributed by atoms with van der Waals surface area (Å²) in [6.07, 6.45) is 2.36. The number of piperidine rings is 1. The monoisotopic (exact) mass is 625 g/mol. The lowest BCUT2D eigenvalue weighted by molar-refractivity contribution is -0.0920. The number of amides is 3. The Morgan fingerprint density at radius 1 is 1.09 bits per heavy atom. The molecule has 0 atom stereocenters. The van der Waals surface area contributed by atoms with E-state index >= 15 is 0 Å². The molecule has 1 spiro atoms. The maximum absolute atomic E-state index is 13.5. The Bertz CT molecular complexity index is 1800. The maximum Gasteiger partial charge on any atom is 0.410 e. The molecule has 0 radical (unpaired) electrons. The minimum absolute atomic E-state index is 0.259. The second-order valence-electron chi connectivity index (χ2n) is 12.4. The molecule has 11 nitrogen and oxygen atoms in total. The summed E-state index contributed by atoms with van der Waals surface area (Å²) in [5, 5.41) is 13.9. The summed E-state index contributed by atoms with van der Waals surface area (Å²) < 4.78 is 11.5. The van der Waals surface area contributed by atoms with E-state index < -0.39 is 11.1 Å². The number of hydrogen-bond donors (Lipinski definition) is 1. The highest BCUT2D eigenvalue weighted by Crippen LogP contribution is 2.41. The lowest BCUT2D eigenvalue weighted by Gasteiger charge is -2.50. The van der Waals surface area contributed by atoms with Crippen LogP contribution in [0.2, 0.25) is 0 Å². The quantitative estimate of drug-likeness (QED) is 0.283. The van der Waals surface area contributed by atoms with Crippen molar-refractivity contribution in [1.29, 1.82) is 5.26 Å². The van der Waals surface area contributed by atoms with Crippen LogP contribution < -0.4 is 5.32 Å². The van der Waals surface area contributed by atoms with Gasteiger partial charge in [-0.05, 0) is 70.4 Å². The number of nitrogens with zero attached hydrogens (tertiary/aromatic N) is 6. The number of carbonyl (C=O) groups is 2. The van der Waals surface area contributed by atoms with Gasteiger partial charge in [-0.2, -0.15) is 5.26 Å². The third kappa shape index (κ3) is 6.32. The fraction of sp³-hybridized carbons (Fsp3) is 0.394. The number of likely N-dealkylation sites (tertiary alicyclic amines) is 1. The van der Waals surface area contributed by atoms with Gasteiger partial charge in [0.25, 0.3) is 0 Å². The Morgan fingerprint density at radius 3 is 2.64 bits per heavy atom. The standard InChI is InChI=1S/C33H35N7O4S/c1-21-25-17-24(8-9-26(25)36-20-35-21)28-27(23-7-5-6-22(16-23)18-34)37-29(45-28)38-30(41)39-12-10-33(11-13-39)19-43-15-14-40(33)31(42)44-32(2,3)4/h5-9,16-17,20H,10-15,19H2,1-4H3,(H,37,38,41). The molecule has 1 N–H and O–H groups in total. The maximum atomic E-state index is 13.5. The van der Waals surface area contributed by atoms with Crippen LogP contribution in [0.15, 0.2) is 48.8 Å². The van der Waals surface area contributed by atoms with Crippen molar-refractivity contribution in [3.8, 4) is 27.8 Å². The van der Waals surface area contributed by atoms with Crippen LogP contribution in [0.3, 0.4) is 0 Å². The van der Waals surface area contributed by atoms with E-state index in [0.29, 0.717) is 62.1 Å². The van der Waals surface area contributed by atoms with Gasteiger partial charge in [0, 0.05) is 36.3 Å². The molecule has 2 aliphatic rings. The van der Waals surface area contributed by atoms with Crippen LogP contribution in [0.4, 0.5) is 14.7 Å². The number of morpholine rings is 1. The molecular formula is C33H35N7O4S. The summed E-state index contributed by atoms with van der Waals surface area (Å²) in [5.74, 6) is 0. The van der Waals surface area contributed by atoms with E-state index in [0.717, 1.165) is 32.6 Å². The first-order valence-corrected chi connectivity index (χ1v) is 15.7. The molecule has 6 rings (SSSR count). The number of aryl methyl sites for hydroxylation is 1. The summed E-state index contributed by atoms with van der Waals surface area (Å²) in [7, 11) is 0. The number of rotatable bonds is 3. The summed E-state index contributed by atoms with van der Waals surface area (Å²) >= 11 is 1.38. The van der Waals surface area contributed by atoms with E-state index in [1.165, 1.54) is 11.3 Å². The van der Waals surface area contributed by atoms with Crippen molar-refractivity contribution in [2.75, 3.05) is 38.2 Å². The van der Waals surface area contributed by atoms with Crippen molar-refractivity contribution in [3.63, 3.8) is 0 Å². The van der Waals surface area contributed by atoms with Gasteiger partial charge < -0.3 is 14.4 Å². The second kappa shape index (κ2) is 12.1. The summed E-state index contributed by atoms with van der Waals surface area (Å²) in [6.45, 7) is 9.75. The molecule has 45 heavy (non-hydrogen) atoms. The third-order valence-electron chi connectivity index (χ3n) is 8.20. The Labute approximate surface area is 265 Å². The molecule has 2 aliphatic heterocycles. The van der Waals surface area contributed by atoms with Crippen molar-refractivity contribution < 1.29 is 19.1 Å². The Hall–Kier alpha value is -4.60. The van der Waals surface area contributed by atoms with Crippen LogP contribution in [0.25, 0.3) is 32.6 Å². The first-order chi connectivity index (χ1) is 21.5. The van der Waals surface area contributed by atoms with E-state index in [2.05, 4.69) is 21.4 Å². The Kier molecular flexibility index (Phi) is 8.16. The van der Waals surface area contributed by atoms with E-state index in [-0.39, 0.29) is 12.1 Å². The molecule has 0 aliphatic carbocycles. The van der Waals surface area contributed by atoms with Gasteiger partial charge in [-0.25, -0.2) is 24.5 Å². The average Bonchev–Trinajstić information content (AvgIpc) is 3.44. The first kappa shape index (κ1) is 30.4. The molecule has 2 saturated heterocycles. The lowest BCUT2D eigenvalue weighted by atomic mass is 9.85. The van der Waals surface area contributed by atoms with E-state index in [1.54, 1.807) is 28.3 Å². The SMILES string of the molecule is Cc1ncnc2ccc(-c3sc(NC(=O)N4CCC5(CC4)COCCN5C(=O)OC(C)(C)C)nc3-c3cccc(C#N)c3)cc12. The smallest absolute Gasteiger partial charge is 0.410 e. The number of nitrogens with one attached hydrogen (secondary N) is 1. The van der Waals surface area contributed by atoms with Crippen LogP contribution in [-0.2, 0) is 9.47 Å². The van der Waals surface area contributed by atoms with Gasteiger partial charge in [-0.3, -0.25) is 10.2 Å². The molecule has 2 aromatic carbocycles. The van der Waals surface area contributed by atoms with Crippen molar-refractivity contribution in [2.45, 2.75) is 51.7 Å². The predicted octanol–water partition coefficient (Wildman–Crippen LogP) is 6.23. The van der Waals surface area contributed by atoms with Crippen molar-refractivity contribution in [3.05, 3.63) is 60.0 Å². The van der Waals surface area contributed by atoms with Gasteiger partial charge in [-0.15, -0.1) is 0 Å². The fourth-order valence-electron chi connectivity index (χ4n) is 5.87. The normalized spacial score (nSPS) is 16.4. The van der Waals surface area contributed by atoms with Gasteiger partial charge in [0.05, 0.1) is 46.5 Å². The fourth-order valence-corrected chi connectivity index (χ4v) is 6.85. The topological polar surface area (TPSA) is 134 Å². The largest absolute Gasteiger partial charge is 0.444 e. The van der Waals surface area contributed by atoms with Crippen molar-refractivity contribution in [1.82, 2.24) is 24.8 Å². The summed E-state index contributed by atoms with van der Waals surface area (Å²) in [4.78, 5) is 44.6. The zero-order chi connectivity index (χ0) is 31.8. The minimum Gasteiger partial charge on any atom is -0.444 e. The number of anilines is 1. The summed E-state index contributed by atoms with van der Waals surface area (Å²) in [5.41, 5.74) is 3.48. The number of urea groups is 1. The number of ether oxygens (including phenoxy) is 2. The number of thiazole rings is 1.